The summed E-state index contributed by atoms with van der Waals surface area (Å²) in [6.45, 7) is 0. The number of nitrogens with one attached hydrogen (secondary N) is 1. The Morgan fingerprint density at radius 3 is 2.62 bits per heavy atom. The monoisotopic (exact) mass is 238 g/mol. The molecule has 0 aliphatic carbocycles. The highest BCUT2D eigenvalue weighted by molar-refractivity contribution is 6.28. The molecule has 2 rings (SSSR count). The third-order valence-corrected chi connectivity index (χ3v) is 2.07. The number of nitrogens with zero attached hydrogens (tertiary/aromatic N) is 2. The lowest BCUT2D eigenvalue weighted by molar-refractivity contribution is 0.619. The van der Waals surface area contributed by atoms with Crippen molar-refractivity contribution in [1.82, 2.24) is 9.97 Å². The van der Waals surface area contributed by atoms with E-state index < -0.39 is 5.82 Å². The van der Waals surface area contributed by atoms with Crippen LogP contribution in [0.2, 0.25) is 5.28 Å². The molecule has 4 nitrogen and oxygen atoms in total. The Balaban J connectivity index is 2.26. The van der Waals surface area contributed by atoms with E-state index in [-0.39, 0.29) is 11.1 Å². The summed E-state index contributed by atoms with van der Waals surface area (Å²) in [6.07, 6.45) is 1.01. The maximum Gasteiger partial charge on any atom is 0.224 e. The van der Waals surface area contributed by atoms with Crippen molar-refractivity contribution >= 4 is 28.8 Å². The Labute approximate surface area is 96.3 Å². The first-order valence-corrected chi connectivity index (χ1v) is 4.83. The SMILES string of the molecule is Nc1ccc(Nc2nc(Cl)ncc2F)cc1. The standard InChI is InChI=1S/C10H8ClFN4/c11-10-14-5-8(12)9(16-10)15-7-3-1-6(13)2-4-7/h1-5H,13H2,(H,14,15,16). The molecule has 1 aromatic heterocycles. The van der Waals surface area contributed by atoms with E-state index in [1.165, 1.54) is 0 Å². The van der Waals surface area contributed by atoms with Crippen molar-refractivity contribution in [2.24, 2.45) is 0 Å². The van der Waals surface area contributed by atoms with Crippen LogP contribution in [0.3, 0.4) is 0 Å². The van der Waals surface area contributed by atoms with Crippen molar-refractivity contribution in [1.29, 1.82) is 0 Å². The molecular weight excluding hydrogens is 231 g/mol. The highest BCUT2D eigenvalue weighted by atomic mass is 35.5. The van der Waals surface area contributed by atoms with Gasteiger partial charge in [0, 0.05) is 11.4 Å². The summed E-state index contributed by atoms with van der Waals surface area (Å²) < 4.78 is 13.3. The van der Waals surface area contributed by atoms with E-state index in [9.17, 15) is 4.39 Å². The number of aromatic nitrogens is 2. The minimum atomic E-state index is -0.568. The molecule has 16 heavy (non-hydrogen) atoms. The van der Waals surface area contributed by atoms with E-state index in [4.69, 9.17) is 17.3 Å². The van der Waals surface area contributed by atoms with Gasteiger partial charge in [-0.15, -0.1) is 0 Å². The molecule has 0 radical (unpaired) electrons. The van der Waals surface area contributed by atoms with E-state index in [1.54, 1.807) is 24.3 Å². The van der Waals surface area contributed by atoms with Gasteiger partial charge < -0.3 is 11.1 Å². The first kappa shape index (κ1) is 10.6. The number of anilines is 3. The van der Waals surface area contributed by atoms with Crippen LogP contribution in [0.1, 0.15) is 0 Å². The maximum absolute atomic E-state index is 13.3. The molecule has 0 saturated heterocycles. The molecule has 0 aliphatic heterocycles. The second-order valence-corrected chi connectivity index (χ2v) is 3.42. The van der Waals surface area contributed by atoms with Gasteiger partial charge in [0.05, 0.1) is 6.20 Å². The van der Waals surface area contributed by atoms with Crippen LogP contribution >= 0.6 is 11.6 Å². The molecule has 0 fully saturated rings. The van der Waals surface area contributed by atoms with Gasteiger partial charge in [0.2, 0.25) is 5.28 Å². The summed E-state index contributed by atoms with van der Waals surface area (Å²) in [5.41, 5.74) is 6.83. The summed E-state index contributed by atoms with van der Waals surface area (Å²) in [6, 6.07) is 6.82. The van der Waals surface area contributed by atoms with Crippen LogP contribution in [-0.4, -0.2) is 9.97 Å². The third-order valence-electron chi connectivity index (χ3n) is 1.89. The van der Waals surface area contributed by atoms with E-state index in [0.717, 1.165) is 6.20 Å². The summed E-state index contributed by atoms with van der Waals surface area (Å²) in [5, 5.41) is 2.76. The Hall–Kier alpha value is -1.88. The summed E-state index contributed by atoms with van der Waals surface area (Å²) in [5.74, 6) is -0.536. The zero-order valence-electron chi connectivity index (χ0n) is 8.11. The first-order valence-electron chi connectivity index (χ1n) is 4.46. The highest BCUT2D eigenvalue weighted by Crippen LogP contribution is 2.19. The van der Waals surface area contributed by atoms with Crippen molar-refractivity contribution in [3.05, 3.63) is 41.6 Å². The van der Waals surface area contributed by atoms with Crippen molar-refractivity contribution in [3.8, 4) is 0 Å². The topological polar surface area (TPSA) is 63.8 Å². The Morgan fingerprint density at radius 2 is 1.94 bits per heavy atom. The molecule has 0 atom stereocenters. The lowest BCUT2D eigenvalue weighted by Gasteiger charge is -2.06. The fraction of sp³-hybridized carbons (Fsp3) is 0. The molecule has 2 aromatic rings. The summed E-state index contributed by atoms with van der Waals surface area (Å²) in [4.78, 5) is 7.24. The zero-order valence-corrected chi connectivity index (χ0v) is 8.87. The molecule has 1 heterocycles. The van der Waals surface area contributed by atoms with E-state index in [1.807, 2.05) is 0 Å². The number of nitrogen functional groups attached to an aromatic ring is 1. The first-order chi connectivity index (χ1) is 7.65. The van der Waals surface area contributed by atoms with Gasteiger partial charge in [0.15, 0.2) is 11.6 Å². The summed E-state index contributed by atoms with van der Waals surface area (Å²) in [7, 11) is 0. The Kier molecular flexibility index (Phi) is 2.87. The molecule has 0 spiro atoms. The fourth-order valence-electron chi connectivity index (χ4n) is 1.14. The minimum Gasteiger partial charge on any atom is -0.399 e. The number of benzene rings is 1. The quantitative estimate of drug-likeness (QED) is 0.624. The lowest BCUT2D eigenvalue weighted by atomic mass is 10.3. The molecule has 3 N–H and O–H groups in total. The van der Waals surface area contributed by atoms with Crippen molar-refractivity contribution < 1.29 is 4.39 Å². The van der Waals surface area contributed by atoms with Gasteiger partial charge in [0.25, 0.3) is 0 Å². The van der Waals surface area contributed by atoms with Crippen LogP contribution in [0.5, 0.6) is 0 Å². The van der Waals surface area contributed by atoms with Gasteiger partial charge in [0.1, 0.15) is 0 Å². The Bertz CT molecular complexity index is 501. The number of hydrogen-bond acceptors (Lipinski definition) is 4. The van der Waals surface area contributed by atoms with Gasteiger partial charge in [-0.05, 0) is 35.9 Å². The second kappa shape index (κ2) is 4.32. The van der Waals surface area contributed by atoms with Gasteiger partial charge >= 0.3 is 0 Å². The normalized spacial score (nSPS) is 10.1. The largest absolute Gasteiger partial charge is 0.399 e. The van der Waals surface area contributed by atoms with E-state index in [2.05, 4.69) is 15.3 Å². The smallest absolute Gasteiger partial charge is 0.224 e. The molecule has 82 valence electrons. The molecule has 0 aliphatic rings. The van der Waals surface area contributed by atoms with Crippen LogP contribution in [0.15, 0.2) is 30.5 Å². The average molecular weight is 239 g/mol. The molecule has 0 bridgehead atoms. The summed E-state index contributed by atoms with van der Waals surface area (Å²) >= 11 is 5.56. The number of halogens is 2. The van der Waals surface area contributed by atoms with Crippen LogP contribution < -0.4 is 11.1 Å². The molecule has 1 aromatic carbocycles. The van der Waals surface area contributed by atoms with Crippen LogP contribution in [-0.2, 0) is 0 Å². The zero-order chi connectivity index (χ0) is 11.5. The minimum absolute atomic E-state index is 0.0145. The van der Waals surface area contributed by atoms with Gasteiger partial charge in [-0.2, -0.15) is 4.98 Å². The van der Waals surface area contributed by atoms with Gasteiger partial charge in [-0.25, -0.2) is 9.37 Å². The molecule has 0 amide bonds. The van der Waals surface area contributed by atoms with E-state index in [0.29, 0.717) is 11.4 Å². The average Bonchev–Trinajstić information content (AvgIpc) is 2.27. The third kappa shape index (κ3) is 2.38. The number of nitrogens with two attached hydrogens (primary N) is 1. The maximum atomic E-state index is 13.3. The highest BCUT2D eigenvalue weighted by Gasteiger charge is 2.05. The lowest BCUT2D eigenvalue weighted by Crippen LogP contribution is -1.98. The van der Waals surface area contributed by atoms with Gasteiger partial charge in [-0.3, -0.25) is 0 Å². The second-order valence-electron chi connectivity index (χ2n) is 3.08. The van der Waals surface area contributed by atoms with Crippen LogP contribution in [0.25, 0.3) is 0 Å². The van der Waals surface area contributed by atoms with E-state index >= 15 is 0 Å². The molecule has 0 saturated carbocycles. The van der Waals surface area contributed by atoms with Crippen molar-refractivity contribution in [2.75, 3.05) is 11.1 Å². The van der Waals surface area contributed by atoms with Crippen molar-refractivity contribution in [3.63, 3.8) is 0 Å². The fourth-order valence-corrected chi connectivity index (χ4v) is 1.27. The molecule has 0 unspecified atom stereocenters. The Morgan fingerprint density at radius 1 is 1.25 bits per heavy atom. The predicted molar refractivity (Wildman–Crippen MR) is 61.1 cm³/mol. The molecule has 6 heteroatoms. The van der Waals surface area contributed by atoms with Gasteiger partial charge in [-0.1, -0.05) is 0 Å². The van der Waals surface area contributed by atoms with Crippen molar-refractivity contribution in [2.45, 2.75) is 0 Å². The molecular formula is C10H8ClFN4. The number of rotatable bonds is 2. The predicted octanol–water partition coefficient (Wildman–Crippen LogP) is 2.59. The van der Waals surface area contributed by atoms with Crippen LogP contribution in [0, 0.1) is 5.82 Å². The van der Waals surface area contributed by atoms with Crippen LogP contribution in [0.4, 0.5) is 21.6 Å². The number of hydrogen-bond donors (Lipinski definition) is 2.